The number of benzene rings is 1. The molecule has 1 aromatic carbocycles. The van der Waals surface area contributed by atoms with Crippen molar-refractivity contribution < 1.29 is 13.5 Å². The lowest BCUT2D eigenvalue weighted by atomic mass is 9.89. The third-order valence-corrected chi connectivity index (χ3v) is 4.54. The van der Waals surface area contributed by atoms with E-state index in [4.69, 9.17) is 5.73 Å². The summed E-state index contributed by atoms with van der Waals surface area (Å²) in [5.41, 5.74) is 6.61. The minimum Gasteiger partial charge on any atom is -0.398 e. The maximum absolute atomic E-state index is 12.2. The Hall–Kier alpha value is -1.11. The predicted octanol–water partition coefficient (Wildman–Crippen LogP) is 1.65. The fourth-order valence-corrected chi connectivity index (χ4v) is 3.33. The SMILES string of the molecule is Cc1c(N)cccc1S(=O)(=O)NCC(O)CC(C)(C)C. The van der Waals surface area contributed by atoms with Crippen LogP contribution in [0.3, 0.4) is 0 Å². The standard InChI is InChI=1S/C14H24N2O3S/c1-10-12(15)6-5-7-13(10)20(18,19)16-9-11(17)8-14(2,3)4/h5-7,11,16-17H,8-9,15H2,1-4H3. The van der Waals surface area contributed by atoms with Crippen LogP contribution in [-0.4, -0.2) is 26.2 Å². The zero-order valence-electron chi connectivity index (χ0n) is 12.5. The third kappa shape index (κ3) is 4.77. The highest BCUT2D eigenvalue weighted by Crippen LogP contribution is 2.22. The van der Waals surface area contributed by atoms with Gasteiger partial charge in [0.05, 0.1) is 11.0 Å². The van der Waals surface area contributed by atoms with Crippen LogP contribution in [0.25, 0.3) is 0 Å². The molecule has 0 bridgehead atoms. The van der Waals surface area contributed by atoms with Crippen molar-refractivity contribution in [2.75, 3.05) is 12.3 Å². The van der Waals surface area contributed by atoms with Gasteiger partial charge in [0, 0.05) is 12.2 Å². The van der Waals surface area contributed by atoms with Gasteiger partial charge in [-0.2, -0.15) is 0 Å². The van der Waals surface area contributed by atoms with Gasteiger partial charge in [-0.05, 0) is 36.5 Å². The average Bonchev–Trinajstić information content (AvgIpc) is 2.28. The molecule has 0 saturated heterocycles. The Kier molecular flexibility index (Phi) is 5.18. The van der Waals surface area contributed by atoms with Crippen molar-refractivity contribution in [3.05, 3.63) is 23.8 Å². The topological polar surface area (TPSA) is 92.4 Å². The first-order chi connectivity index (χ1) is 9.03. The van der Waals surface area contributed by atoms with Crippen molar-refractivity contribution in [1.82, 2.24) is 4.72 Å². The van der Waals surface area contributed by atoms with Gasteiger partial charge in [0.2, 0.25) is 10.0 Å². The number of rotatable bonds is 5. The van der Waals surface area contributed by atoms with Crippen molar-refractivity contribution in [3.63, 3.8) is 0 Å². The van der Waals surface area contributed by atoms with Crippen LogP contribution in [0, 0.1) is 12.3 Å². The number of hydrogen-bond acceptors (Lipinski definition) is 4. The Labute approximate surface area is 121 Å². The van der Waals surface area contributed by atoms with Crippen molar-refractivity contribution in [2.45, 2.75) is 45.1 Å². The highest BCUT2D eigenvalue weighted by molar-refractivity contribution is 7.89. The number of nitrogens with two attached hydrogens (primary N) is 1. The van der Waals surface area contributed by atoms with E-state index in [9.17, 15) is 13.5 Å². The first-order valence-electron chi connectivity index (χ1n) is 6.56. The summed E-state index contributed by atoms with van der Waals surface area (Å²) in [5, 5.41) is 9.87. The van der Waals surface area contributed by atoms with Crippen LogP contribution in [0.5, 0.6) is 0 Å². The van der Waals surface area contributed by atoms with Gasteiger partial charge in [0.25, 0.3) is 0 Å². The van der Waals surface area contributed by atoms with Gasteiger partial charge in [0.15, 0.2) is 0 Å². The molecule has 0 aliphatic rings. The zero-order valence-corrected chi connectivity index (χ0v) is 13.3. The summed E-state index contributed by atoms with van der Waals surface area (Å²) in [5.74, 6) is 0. The molecule has 1 aromatic rings. The number of aliphatic hydroxyl groups excluding tert-OH is 1. The van der Waals surface area contributed by atoms with Gasteiger partial charge < -0.3 is 10.8 Å². The Balaban J connectivity index is 2.79. The van der Waals surface area contributed by atoms with Crippen LogP contribution in [0.15, 0.2) is 23.1 Å². The molecule has 0 aromatic heterocycles. The minimum absolute atomic E-state index is 0.00611. The molecule has 6 heteroatoms. The molecule has 0 aliphatic carbocycles. The second-order valence-corrected chi connectivity index (χ2v) is 7.98. The number of nitrogens with one attached hydrogen (secondary N) is 1. The van der Waals surface area contributed by atoms with Gasteiger partial charge in [0.1, 0.15) is 0 Å². The van der Waals surface area contributed by atoms with Crippen LogP contribution < -0.4 is 10.5 Å². The molecule has 5 nitrogen and oxygen atoms in total. The lowest BCUT2D eigenvalue weighted by Crippen LogP contribution is -2.34. The Morgan fingerprint density at radius 1 is 1.35 bits per heavy atom. The maximum Gasteiger partial charge on any atom is 0.240 e. The highest BCUT2D eigenvalue weighted by atomic mass is 32.2. The molecule has 4 N–H and O–H groups in total. The van der Waals surface area contributed by atoms with Crippen LogP contribution >= 0.6 is 0 Å². The van der Waals surface area contributed by atoms with E-state index in [1.165, 1.54) is 6.07 Å². The highest BCUT2D eigenvalue weighted by Gasteiger charge is 2.21. The second kappa shape index (κ2) is 6.11. The molecule has 0 aliphatic heterocycles. The molecule has 0 amide bonds. The summed E-state index contributed by atoms with van der Waals surface area (Å²) in [6.07, 6.45) is -0.197. The number of anilines is 1. The lowest BCUT2D eigenvalue weighted by Gasteiger charge is -2.22. The fourth-order valence-electron chi connectivity index (χ4n) is 1.99. The van der Waals surface area contributed by atoms with Gasteiger partial charge in [-0.25, -0.2) is 13.1 Å². The van der Waals surface area contributed by atoms with Gasteiger partial charge in [-0.15, -0.1) is 0 Å². The summed E-state index contributed by atoms with van der Waals surface area (Å²) in [7, 11) is -3.65. The Morgan fingerprint density at radius 3 is 2.50 bits per heavy atom. The lowest BCUT2D eigenvalue weighted by molar-refractivity contribution is 0.125. The van der Waals surface area contributed by atoms with E-state index in [2.05, 4.69) is 4.72 Å². The molecule has 1 unspecified atom stereocenters. The molecule has 0 fully saturated rings. The van der Waals surface area contributed by atoms with Gasteiger partial charge >= 0.3 is 0 Å². The minimum atomic E-state index is -3.65. The van der Waals surface area contributed by atoms with E-state index in [1.54, 1.807) is 19.1 Å². The first-order valence-corrected chi connectivity index (χ1v) is 8.04. The molecule has 114 valence electrons. The van der Waals surface area contributed by atoms with E-state index in [1.807, 2.05) is 20.8 Å². The van der Waals surface area contributed by atoms with Gasteiger partial charge in [-0.1, -0.05) is 26.8 Å². The summed E-state index contributed by atoms with van der Waals surface area (Å²) in [6.45, 7) is 7.63. The Bertz CT molecular complexity index is 562. The summed E-state index contributed by atoms with van der Waals surface area (Å²) >= 11 is 0. The number of hydrogen-bond donors (Lipinski definition) is 3. The van der Waals surface area contributed by atoms with Crippen molar-refractivity contribution >= 4 is 15.7 Å². The zero-order chi connectivity index (χ0) is 15.6. The quantitative estimate of drug-likeness (QED) is 0.721. The smallest absolute Gasteiger partial charge is 0.240 e. The van der Waals surface area contributed by atoms with Crippen molar-refractivity contribution in [3.8, 4) is 0 Å². The average molecular weight is 300 g/mol. The van der Waals surface area contributed by atoms with Gasteiger partial charge in [-0.3, -0.25) is 0 Å². The van der Waals surface area contributed by atoms with Crippen LogP contribution in [-0.2, 0) is 10.0 Å². The molecule has 20 heavy (non-hydrogen) atoms. The van der Waals surface area contributed by atoms with E-state index in [-0.39, 0.29) is 16.9 Å². The van der Waals surface area contributed by atoms with E-state index >= 15 is 0 Å². The maximum atomic E-state index is 12.2. The normalized spacial score (nSPS) is 14.2. The molecular weight excluding hydrogens is 276 g/mol. The molecule has 0 radical (unpaired) electrons. The van der Waals surface area contributed by atoms with E-state index in [0.29, 0.717) is 17.7 Å². The number of sulfonamides is 1. The molecule has 1 atom stereocenters. The fraction of sp³-hybridized carbons (Fsp3) is 0.571. The summed E-state index contributed by atoms with van der Waals surface area (Å²) < 4.78 is 26.8. The predicted molar refractivity (Wildman–Crippen MR) is 80.9 cm³/mol. The Morgan fingerprint density at radius 2 is 1.95 bits per heavy atom. The molecule has 1 rings (SSSR count). The van der Waals surface area contributed by atoms with Crippen molar-refractivity contribution in [1.29, 1.82) is 0 Å². The monoisotopic (exact) mass is 300 g/mol. The number of aliphatic hydroxyl groups is 1. The largest absolute Gasteiger partial charge is 0.398 e. The third-order valence-electron chi connectivity index (χ3n) is 2.97. The van der Waals surface area contributed by atoms with Crippen LogP contribution in [0.4, 0.5) is 5.69 Å². The molecule has 0 saturated carbocycles. The first kappa shape index (κ1) is 16.9. The second-order valence-electron chi connectivity index (χ2n) is 6.24. The van der Waals surface area contributed by atoms with Crippen LogP contribution in [0.2, 0.25) is 0 Å². The van der Waals surface area contributed by atoms with Crippen LogP contribution in [0.1, 0.15) is 32.8 Å². The van der Waals surface area contributed by atoms with E-state index in [0.717, 1.165) is 0 Å². The molecular formula is C14H24N2O3S. The summed E-state index contributed by atoms with van der Waals surface area (Å²) in [4.78, 5) is 0.153. The molecule has 0 spiro atoms. The van der Waals surface area contributed by atoms with E-state index < -0.39 is 16.1 Å². The van der Waals surface area contributed by atoms with Crippen molar-refractivity contribution in [2.24, 2.45) is 5.41 Å². The number of nitrogen functional groups attached to an aromatic ring is 1. The summed E-state index contributed by atoms with van der Waals surface area (Å²) in [6, 6.07) is 4.76. The molecule has 0 heterocycles.